The highest BCUT2D eigenvalue weighted by atomic mass is 16.5. The molecule has 0 aromatic heterocycles. The molecular formula is C19H23NO3. The third-order valence-corrected chi connectivity index (χ3v) is 3.67. The first kappa shape index (κ1) is 17.0. The van der Waals surface area contributed by atoms with Gasteiger partial charge in [0.05, 0.1) is 19.1 Å². The highest BCUT2D eigenvalue weighted by molar-refractivity contribution is 5.65. The summed E-state index contributed by atoms with van der Waals surface area (Å²) in [7, 11) is 0. The number of aliphatic carboxylic acids is 1. The molecule has 1 N–H and O–H groups in total. The van der Waals surface area contributed by atoms with Crippen molar-refractivity contribution in [2.45, 2.75) is 19.9 Å². The maximum Gasteiger partial charge on any atom is 0.119 e. The van der Waals surface area contributed by atoms with Crippen molar-refractivity contribution >= 4 is 5.97 Å². The van der Waals surface area contributed by atoms with Gasteiger partial charge in [0.2, 0.25) is 0 Å². The Bertz CT molecular complexity index is 613. The number of hydrogen-bond donors (Lipinski definition) is 1. The summed E-state index contributed by atoms with van der Waals surface area (Å²) < 4.78 is 5.50. The number of carbonyl (C=O) groups excluding carboxylic acids is 1. The number of quaternary nitrogens is 1. The molecule has 122 valence electrons. The molecule has 0 radical (unpaired) electrons. The fourth-order valence-corrected chi connectivity index (χ4v) is 2.61. The summed E-state index contributed by atoms with van der Waals surface area (Å²) in [5.41, 5.74) is 2.28. The lowest BCUT2D eigenvalue weighted by molar-refractivity contribution is -0.908. The van der Waals surface area contributed by atoms with Crippen LogP contribution in [-0.4, -0.2) is 25.7 Å². The molecule has 0 bridgehead atoms. The van der Waals surface area contributed by atoms with Crippen LogP contribution in [0.25, 0.3) is 0 Å². The van der Waals surface area contributed by atoms with Crippen LogP contribution < -0.4 is 14.7 Å². The van der Waals surface area contributed by atoms with Gasteiger partial charge >= 0.3 is 0 Å². The number of ether oxygens (including phenoxy) is 1. The number of carbonyl (C=O) groups is 1. The van der Waals surface area contributed by atoms with Gasteiger partial charge in [-0.1, -0.05) is 42.5 Å². The molecular weight excluding hydrogens is 290 g/mol. The minimum absolute atomic E-state index is 0.00565. The SMILES string of the molecule is CCOc1cccc(C[NH+](CCc2ccccc2)CC(=O)[O-])c1. The van der Waals surface area contributed by atoms with E-state index in [-0.39, 0.29) is 6.54 Å². The summed E-state index contributed by atoms with van der Waals surface area (Å²) in [6.07, 6.45) is 0.842. The van der Waals surface area contributed by atoms with E-state index >= 15 is 0 Å². The van der Waals surface area contributed by atoms with Crippen molar-refractivity contribution in [1.29, 1.82) is 0 Å². The molecule has 0 fully saturated rings. The second-order valence-electron chi connectivity index (χ2n) is 5.54. The van der Waals surface area contributed by atoms with Gasteiger partial charge < -0.3 is 19.5 Å². The Labute approximate surface area is 137 Å². The van der Waals surface area contributed by atoms with Gasteiger partial charge in [-0.25, -0.2) is 0 Å². The lowest BCUT2D eigenvalue weighted by Gasteiger charge is -2.20. The fraction of sp³-hybridized carbons (Fsp3) is 0.316. The highest BCUT2D eigenvalue weighted by Gasteiger charge is 2.11. The summed E-state index contributed by atoms with van der Waals surface area (Å²) in [4.78, 5) is 12.0. The van der Waals surface area contributed by atoms with E-state index in [0.29, 0.717) is 13.2 Å². The molecule has 0 amide bonds. The number of nitrogens with one attached hydrogen (secondary N) is 1. The maximum absolute atomic E-state index is 11.0. The Morgan fingerprint density at radius 3 is 2.52 bits per heavy atom. The molecule has 0 aliphatic carbocycles. The molecule has 0 aliphatic heterocycles. The maximum atomic E-state index is 11.0. The number of benzene rings is 2. The first-order valence-electron chi connectivity index (χ1n) is 7.96. The summed E-state index contributed by atoms with van der Waals surface area (Å²) in [6.45, 7) is 3.96. The van der Waals surface area contributed by atoms with Gasteiger partial charge in [-0.05, 0) is 24.6 Å². The molecule has 4 nitrogen and oxygen atoms in total. The minimum Gasteiger partial charge on any atom is -0.544 e. The molecule has 0 aliphatic rings. The van der Waals surface area contributed by atoms with Crippen LogP contribution >= 0.6 is 0 Å². The van der Waals surface area contributed by atoms with Gasteiger partial charge in [0.25, 0.3) is 0 Å². The summed E-state index contributed by atoms with van der Waals surface area (Å²) >= 11 is 0. The van der Waals surface area contributed by atoms with Gasteiger partial charge in [0.15, 0.2) is 0 Å². The predicted molar refractivity (Wildman–Crippen MR) is 87.2 cm³/mol. The molecule has 1 atom stereocenters. The summed E-state index contributed by atoms with van der Waals surface area (Å²) in [5, 5.41) is 11.0. The van der Waals surface area contributed by atoms with E-state index in [1.54, 1.807) is 0 Å². The molecule has 2 rings (SSSR count). The third-order valence-electron chi connectivity index (χ3n) is 3.67. The van der Waals surface area contributed by atoms with Crippen molar-refractivity contribution in [2.24, 2.45) is 0 Å². The van der Waals surface area contributed by atoms with Crippen LogP contribution in [0.15, 0.2) is 54.6 Å². The Balaban J connectivity index is 2.00. The standard InChI is InChI=1S/C19H23NO3/c1-2-23-18-10-6-9-17(13-18)14-20(15-19(21)22)12-11-16-7-4-3-5-8-16/h3-10,13H,2,11-12,14-15H2,1H3,(H,21,22). The zero-order valence-electron chi connectivity index (χ0n) is 13.5. The summed E-state index contributed by atoms with van der Waals surface area (Å²) in [6, 6.07) is 17.9. The lowest BCUT2D eigenvalue weighted by atomic mass is 10.1. The van der Waals surface area contributed by atoms with Crippen LogP contribution in [0, 0.1) is 0 Å². The molecule has 0 heterocycles. The van der Waals surface area contributed by atoms with E-state index in [4.69, 9.17) is 4.74 Å². The number of rotatable bonds is 9. The van der Waals surface area contributed by atoms with Crippen LogP contribution in [0.4, 0.5) is 0 Å². The van der Waals surface area contributed by atoms with Crippen LogP contribution in [0.3, 0.4) is 0 Å². The molecule has 0 saturated heterocycles. The molecule has 23 heavy (non-hydrogen) atoms. The summed E-state index contributed by atoms with van der Waals surface area (Å²) in [5.74, 6) is -0.199. The first-order chi connectivity index (χ1) is 11.2. The zero-order valence-corrected chi connectivity index (χ0v) is 13.5. The highest BCUT2D eigenvalue weighted by Crippen LogP contribution is 2.12. The topological polar surface area (TPSA) is 53.8 Å². The van der Waals surface area contributed by atoms with Gasteiger partial charge in [0.1, 0.15) is 18.8 Å². The average Bonchev–Trinajstić information content (AvgIpc) is 2.54. The zero-order chi connectivity index (χ0) is 16.5. The number of hydrogen-bond acceptors (Lipinski definition) is 3. The van der Waals surface area contributed by atoms with Crippen molar-refractivity contribution in [3.63, 3.8) is 0 Å². The molecule has 0 spiro atoms. The average molecular weight is 313 g/mol. The number of carboxylic acids is 1. The van der Waals surface area contributed by atoms with E-state index in [1.807, 2.05) is 49.4 Å². The van der Waals surface area contributed by atoms with E-state index in [2.05, 4.69) is 12.1 Å². The second-order valence-corrected chi connectivity index (χ2v) is 5.54. The minimum atomic E-state index is -1.02. The molecule has 4 heteroatoms. The third kappa shape index (κ3) is 6.12. The van der Waals surface area contributed by atoms with Crippen molar-refractivity contribution in [2.75, 3.05) is 19.7 Å². The Morgan fingerprint density at radius 1 is 1.09 bits per heavy atom. The molecule has 0 saturated carbocycles. The molecule has 1 unspecified atom stereocenters. The first-order valence-corrected chi connectivity index (χ1v) is 7.96. The smallest absolute Gasteiger partial charge is 0.119 e. The van der Waals surface area contributed by atoms with Crippen molar-refractivity contribution < 1.29 is 19.5 Å². The van der Waals surface area contributed by atoms with Crippen molar-refractivity contribution in [1.82, 2.24) is 0 Å². The van der Waals surface area contributed by atoms with Crippen LogP contribution in [0.1, 0.15) is 18.1 Å². The largest absolute Gasteiger partial charge is 0.544 e. The lowest BCUT2D eigenvalue weighted by Crippen LogP contribution is -3.12. The Morgan fingerprint density at radius 2 is 1.83 bits per heavy atom. The van der Waals surface area contributed by atoms with E-state index in [0.717, 1.165) is 29.2 Å². The van der Waals surface area contributed by atoms with E-state index in [9.17, 15) is 9.90 Å². The van der Waals surface area contributed by atoms with Crippen LogP contribution in [0.5, 0.6) is 5.75 Å². The quantitative estimate of drug-likeness (QED) is 0.732. The van der Waals surface area contributed by atoms with E-state index < -0.39 is 5.97 Å². The number of carboxylic acid groups (broad SMARTS) is 1. The van der Waals surface area contributed by atoms with Gasteiger partial charge in [0, 0.05) is 12.0 Å². The van der Waals surface area contributed by atoms with E-state index in [1.165, 1.54) is 5.56 Å². The van der Waals surface area contributed by atoms with Crippen molar-refractivity contribution in [3.05, 3.63) is 65.7 Å². The predicted octanol–water partition coefficient (Wildman–Crippen LogP) is 0.463. The Kier molecular flexibility index (Phi) is 6.63. The molecule has 2 aromatic rings. The van der Waals surface area contributed by atoms with Gasteiger partial charge in [-0.2, -0.15) is 0 Å². The Hall–Kier alpha value is -2.33. The van der Waals surface area contributed by atoms with Gasteiger partial charge in [-0.3, -0.25) is 0 Å². The van der Waals surface area contributed by atoms with Gasteiger partial charge in [-0.15, -0.1) is 0 Å². The second kappa shape index (κ2) is 8.96. The van der Waals surface area contributed by atoms with Crippen molar-refractivity contribution in [3.8, 4) is 5.75 Å². The van der Waals surface area contributed by atoms with Crippen LogP contribution in [0.2, 0.25) is 0 Å². The normalized spacial score (nSPS) is 11.9. The van der Waals surface area contributed by atoms with Crippen LogP contribution in [-0.2, 0) is 17.8 Å². The fourth-order valence-electron chi connectivity index (χ4n) is 2.61. The molecule has 2 aromatic carbocycles. The monoisotopic (exact) mass is 313 g/mol.